The number of ether oxygens (including phenoxy) is 2. The highest BCUT2D eigenvalue weighted by molar-refractivity contribution is 7.13. The molecule has 3 rings (SSSR count). The molecule has 25 heavy (non-hydrogen) atoms. The lowest BCUT2D eigenvalue weighted by Crippen LogP contribution is -2.12. The van der Waals surface area contributed by atoms with E-state index in [1.54, 1.807) is 32.4 Å². The third kappa shape index (κ3) is 3.89. The Kier molecular flexibility index (Phi) is 4.85. The largest absolute Gasteiger partial charge is 0.497 e. The SMILES string of the molecule is COc1cc(OC)cc(C(=O)Nc2ccc(-c3csc(N)n3)cc2)c1. The van der Waals surface area contributed by atoms with Gasteiger partial charge in [0.25, 0.3) is 5.91 Å². The standard InChI is InChI=1S/C18H17N3O3S/c1-23-14-7-12(8-15(9-14)24-2)17(22)20-13-5-3-11(4-6-13)16-10-25-18(19)21-16/h3-10H,1-2H3,(H2,19,21)(H,20,22). The number of nitrogens with two attached hydrogens (primary N) is 1. The van der Waals surface area contributed by atoms with Crippen LogP contribution in [0.5, 0.6) is 11.5 Å². The molecule has 1 heterocycles. The molecule has 3 N–H and O–H groups in total. The number of rotatable bonds is 5. The highest BCUT2D eigenvalue weighted by atomic mass is 32.1. The number of thiazole rings is 1. The molecular weight excluding hydrogens is 338 g/mol. The van der Waals surface area contributed by atoms with Crippen LogP contribution < -0.4 is 20.5 Å². The summed E-state index contributed by atoms with van der Waals surface area (Å²) < 4.78 is 10.4. The van der Waals surface area contributed by atoms with Gasteiger partial charge in [-0.2, -0.15) is 0 Å². The second-order valence-electron chi connectivity index (χ2n) is 5.20. The van der Waals surface area contributed by atoms with Crippen LogP contribution >= 0.6 is 11.3 Å². The van der Waals surface area contributed by atoms with Crippen LogP contribution in [-0.2, 0) is 0 Å². The molecule has 0 aliphatic rings. The third-order valence-corrected chi connectivity index (χ3v) is 4.25. The number of nitrogen functional groups attached to an aromatic ring is 1. The highest BCUT2D eigenvalue weighted by Crippen LogP contribution is 2.26. The molecule has 0 bridgehead atoms. The Labute approximate surface area is 149 Å². The zero-order valence-corrected chi connectivity index (χ0v) is 14.6. The minimum absolute atomic E-state index is 0.247. The van der Waals surface area contributed by atoms with Gasteiger partial charge in [0.1, 0.15) is 11.5 Å². The maximum absolute atomic E-state index is 12.5. The fourth-order valence-corrected chi connectivity index (χ4v) is 2.86. The quantitative estimate of drug-likeness (QED) is 0.729. The highest BCUT2D eigenvalue weighted by Gasteiger charge is 2.11. The zero-order valence-electron chi connectivity index (χ0n) is 13.8. The van der Waals surface area contributed by atoms with Crippen LogP contribution in [-0.4, -0.2) is 25.1 Å². The minimum atomic E-state index is -0.247. The van der Waals surface area contributed by atoms with Gasteiger partial charge in [0.2, 0.25) is 0 Å². The van der Waals surface area contributed by atoms with Gasteiger partial charge >= 0.3 is 0 Å². The van der Waals surface area contributed by atoms with Crippen LogP contribution in [0.4, 0.5) is 10.8 Å². The first-order chi connectivity index (χ1) is 12.1. The summed E-state index contributed by atoms with van der Waals surface area (Å²) in [7, 11) is 3.08. The van der Waals surface area contributed by atoms with Gasteiger partial charge in [-0.05, 0) is 24.3 Å². The Balaban J connectivity index is 1.77. The number of carbonyl (C=O) groups is 1. The summed E-state index contributed by atoms with van der Waals surface area (Å²) in [4.78, 5) is 16.7. The minimum Gasteiger partial charge on any atom is -0.497 e. The van der Waals surface area contributed by atoms with Crippen LogP contribution in [0, 0.1) is 0 Å². The molecule has 0 saturated carbocycles. The molecule has 7 heteroatoms. The smallest absolute Gasteiger partial charge is 0.255 e. The Bertz CT molecular complexity index is 869. The van der Waals surface area contributed by atoms with Crippen molar-refractivity contribution in [1.29, 1.82) is 0 Å². The summed E-state index contributed by atoms with van der Waals surface area (Å²) in [5.41, 5.74) is 8.54. The fourth-order valence-electron chi connectivity index (χ4n) is 2.29. The molecule has 0 radical (unpaired) electrons. The summed E-state index contributed by atoms with van der Waals surface area (Å²) in [6, 6.07) is 12.4. The predicted molar refractivity (Wildman–Crippen MR) is 99.5 cm³/mol. The number of anilines is 2. The van der Waals surface area contributed by atoms with Gasteiger partial charge in [-0.25, -0.2) is 4.98 Å². The van der Waals surface area contributed by atoms with E-state index in [4.69, 9.17) is 15.2 Å². The van der Waals surface area contributed by atoms with Gasteiger partial charge in [-0.15, -0.1) is 11.3 Å². The Morgan fingerprint density at radius 1 is 1.08 bits per heavy atom. The third-order valence-electron chi connectivity index (χ3n) is 3.57. The van der Waals surface area contributed by atoms with E-state index < -0.39 is 0 Å². The van der Waals surface area contributed by atoms with Gasteiger partial charge in [0.05, 0.1) is 19.9 Å². The number of carbonyl (C=O) groups excluding carboxylic acids is 1. The number of hydrogen-bond donors (Lipinski definition) is 2. The lowest BCUT2D eigenvalue weighted by Gasteiger charge is -2.09. The number of methoxy groups -OCH3 is 2. The Morgan fingerprint density at radius 3 is 2.24 bits per heavy atom. The van der Waals surface area contributed by atoms with E-state index in [1.807, 2.05) is 29.6 Å². The fraction of sp³-hybridized carbons (Fsp3) is 0.111. The van der Waals surface area contributed by atoms with Crippen molar-refractivity contribution in [3.8, 4) is 22.8 Å². The average molecular weight is 355 g/mol. The van der Waals surface area contributed by atoms with Crippen molar-refractivity contribution in [1.82, 2.24) is 4.98 Å². The Morgan fingerprint density at radius 2 is 1.72 bits per heavy atom. The van der Waals surface area contributed by atoms with E-state index in [9.17, 15) is 4.79 Å². The number of aromatic nitrogens is 1. The first-order valence-corrected chi connectivity index (χ1v) is 8.33. The maximum atomic E-state index is 12.5. The van der Waals surface area contributed by atoms with Gasteiger partial charge in [0.15, 0.2) is 5.13 Å². The predicted octanol–water partition coefficient (Wildman–Crippen LogP) is 3.66. The second-order valence-corrected chi connectivity index (χ2v) is 6.09. The molecular formula is C18H17N3O3S. The molecule has 0 aliphatic heterocycles. The molecule has 2 aromatic carbocycles. The Hall–Kier alpha value is -3.06. The summed E-state index contributed by atoms with van der Waals surface area (Å²) in [6.45, 7) is 0. The summed E-state index contributed by atoms with van der Waals surface area (Å²) in [6.07, 6.45) is 0. The van der Waals surface area contributed by atoms with Crippen LogP contribution in [0.1, 0.15) is 10.4 Å². The average Bonchev–Trinajstić information content (AvgIpc) is 3.08. The van der Waals surface area contributed by atoms with E-state index in [2.05, 4.69) is 10.3 Å². The normalized spacial score (nSPS) is 10.3. The van der Waals surface area contributed by atoms with E-state index in [0.29, 0.717) is 27.9 Å². The van der Waals surface area contributed by atoms with Crippen molar-refractivity contribution in [2.24, 2.45) is 0 Å². The second kappa shape index (κ2) is 7.23. The van der Waals surface area contributed by atoms with Crippen molar-refractivity contribution >= 4 is 28.1 Å². The van der Waals surface area contributed by atoms with Crippen molar-refractivity contribution in [2.45, 2.75) is 0 Å². The van der Waals surface area contributed by atoms with E-state index in [1.165, 1.54) is 11.3 Å². The molecule has 128 valence electrons. The molecule has 0 aliphatic carbocycles. The lowest BCUT2D eigenvalue weighted by molar-refractivity contribution is 0.102. The zero-order chi connectivity index (χ0) is 17.8. The molecule has 3 aromatic rings. The lowest BCUT2D eigenvalue weighted by atomic mass is 10.1. The van der Waals surface area contributed by atoms with Crippen molar-refractivity contribution < 1.29 is 14.3 Å². The van der Waals surface area contributed by atoms with Gasteiger partial charge in [0, 0.05) is 28.3 Å². The summed E-state index contributed by atoms with van der Waals surface area (Å²) >= 11 is 1.39. The molecule has 1 amide bonds. The number of hydrogen-bond acceptors (Lipinski definition) is 6. The molecule has 0 unspecified atom stereocenters. The van der Waals surface area contributed by atoms with Gasteiger partial charge in [-0.3, -0.25) is 4.79 Å². The number of nitrogens with one attached hydrogen (secondary N) is 1. The molecule has 0 atom stereocenters. The molecule has 0 fully saturated rings. The molecule has 0 saturated heterocycles. The van der Waals surface area contributed by atoms with Crippen molar-refractivity contribution in [3.63, 3.8) is 0 Å². The van der Waals surface area contributed by atoms with E-state index >= 15 is 0 Å². The number of benzene rings is 2. The van der Waals surface area contributed by atoms with Gasteiger partial charge < -0.3 is 20.5 Å². The van der Waals surface area contributed by atoms with Crippen LogP contribution in [0.15, 0.2) is 47.8 Å². The first kappa shape index (κ1) is 16.8. The van der Waals surface area contributed by atoms with E-state index in [0.717, 1.165) is 11.3 Å². The van der Waals surface area contributed by atoms with E-state index in [-0.39, 0.29) is 5.91 Å². The topological polar surface area (TPSA) is 86.5 Å². The molecule has 1 aromatic heterocycles. The maximum Gasteiger partial charge on any atom is 0.255 e. The molecule has 6 nitrogen and oxygen atoms in total. The first-order valence-electron chi connectivity index (χ1n) is 7.45. The molecule has 0 spiro atoms. The summed E-state index contributed by atoms with van der Waals surface area (Å²) in [5, 5.41) is 5.27. The summed E-state index contributed by atoms with van der Waals surface area (Å²) in [5.74, 6) is 0.866. The number of nitrogens with zero attached hydrogens (tertiary/aromatic N) is 1. The number of amides is 1. The van der Waals surface area contributed by atoms with Crippen molar-refractivity contribution in [2.75, 3.05) is 25.3 Å². The van der Waals surface area contributed by atoms with Gasteiger partial charge in [-0.1, -0.05) is 12.1 Å². The monoisotopic (exact) mass is 355 g/mol. The van der Waals surface area contributed by atoms with Crippen LogP contribution in [0.25, 0.3) is 11.3 Å². The van der Waals surface area contributed by atoms with Crippen LogP contribution in [0.2, 0.25) is 0 Å². The van der Waals surface area contributed by atoms with Crippen LogP contribution in [0.3, 0.4) is 0 Å². The van der Waals surface area contributed by atoms with Crippen molar-refractivity contribution in [3.05, 3.63) is 53.4 Å².